The van der Waals surface area contributed by atoms with Gasteiger partial charge in [0.2, 0.25) is 5.90 Å². The number of ether oxygens (including phenoxy) is 3. The third-order valence-electron chi connectivity index (χ3n) is 4.84. The first kappa shape index (κ1) is 23.9. The lowest BCUT2D eigenvalue weighted by Crippen LogP contribution is -2.51. The van der Waals surface area contributed by atoms with E-state index in [0.29, 0.717) is 44.2 Å². The Morgan fingerprint density at radius 3 is 2.70 bits per heavy atom. The predicted molar refractivity (Wildman–Crippen MR) is 117 cm³/mol. The molecule has 0 radical (unpaired) electrons. The van der Waals surface area contributed by atoms with Crippen LogP contribution in [0.4, 0.5) is 0 Å². The van der Waals surface area contributed by atoms with Crippen LogP contribution in [0.1, 0.15) is 45.6 Å². The van der Waals surface area contributed by atoms with Crippen molar-refractivity contribution in [1.82, 2.24) is 5.32 Å². The molecule has 166 valence electrons. The summed E-state index contributed by atoms with van der Waals surface area (Å²) in [6.45, 7) is 11.3. The van der Waals surface area contributed by atoms with Crippen LogP contribution in [-0.2, 0) is 14.3 Å². The molecule has 0 unspecified atom stereocenters. The molecule has 1 heterocycles. The molecule has 1 aliphatic heterocycles. The van der Waals surface area contributed by atoms with Gasteiger partial charge in [-0.15, -0.1) is 6.58 Å². The van der Waals surface area contributed by atoms with Crippen molar-refractivity contribution >= 4 is 11.8 Å². The summed E-state index contributed by atoms with van der Waals surface area (Å²) < 4.78 is 17.0. The number of aliphatic imine (C=N–C) groups is 1. The van der Waals surface area contributed by atoms with E-state index < -0.39 is 11.6 Å². The van der Waals surface area contributed by atoms with Crippen LogP contribution in [0.3, 0.4) is 0 Å². The van der Waals surface area contributed by atoms with Crippen molar-refractivity contribution < 1.29 is 24.1 Å². The Morgan fingerprint density at radius 2 is 2.07 bits per heavy atom. The van der Waals surface area contributed by atoms with Crippen LogP contribution in [0, 0.1) is 0 Å². The molecule has 0 saturated heterocycles. The number of hydrogen-bond donors (Lipinski definition) is 2. The van der Waals surface area contributed by atoms with Gasteiger partial charge in [-0.1, -0.05) is 6.08 Å². The lowest BCUT2D eigenvalue weighted by Gasteiger charge is -2.26. The van der Waals surface area contributed by atoms with E-state index >= 15 is 0 Å². The van der Waals surface area contributed by atoms with Gasteiger partial charge in [-0.2, -0.15) is 0 Å². The number of carbonyl (C=O) groups is 1. The van der Waals surface area contributed by atoms with E-state index in [1.165, 1.54) is 0 Å². The molecule has 1 aromatic carbocycles. The Bertz CT molecular complexity index is 717. The van der Waals surface area contributed by atoms with Crippen LogP contribution in [0.15, 0.2) is 41.9 Å². The highest BCUT2D eigenvalue weighted by Crippen LogP contribution is 2.32. The third-order valence-corrected chi connectivity index (χ3v) is 4.84. The minimum Gasteiger partial charge on any atom is -0.494 e. The SMILES string of the molecule is C=CC[C@@]1(C(=O)NCCCOC(C)C)N=C(c2ccc(OCCCO)cc2)O[C@@H]1C. The van der Waals surface area contributed by atoms with E-state index in [-0.39, 0.29) is 18.6 Å². The molecule has 1 aromatic rings. The second kappa shape index (κ2) is 11.7. The maximum Gasteiger partial charge on any atom is 0.252 e. The fourth-order valence-corrected chi connectivity index (χ4v) is 3.15. The molecular formula is C23H34N2O5. The minimum atomic E-state index is -1.04. The Kier molecular flexibility index (Phi) is 9.33. The Labute approximate surface area is 179 Å². The molecule has 2 N–H and O–H groups in total. The maximum absolute atomic E-state index is 13.0. The van der Waals surface area contributed by atoms with E-state index in [9.17, 15) is 4.79 Å². The molecule has 1 amide bonds. The first-order chi connectivity index (χ1) is 14.4. The first-order valence-corrected chi connectivity index (χ1v) is 10.5. The number of benzene rings is 1. The number of aliphatic hydroxyl groups excluding tert-OH is 1. The second-order valence-corrected chi connectivity index (χ2v) is 7.57. The summed E-state index contributed by atoms with van der Waals surface area (Å²) in [4.78, 5) is 17.7. The van der Waals surface area contributed by atoms with Gasteiger partial charge in [-0.05, 0) is 51.5 Å². The number of aliphatic hydroxyl groups is 1. The molecular weight excluding hydrogens is 384 g/mol. The minimum absolute atomic E-state index is 0.0961. The Balaban J connectivity index is 2.06. The lowest BCUT2D eigenvalue weighted by molar-refractivity contribution is -0.128. The average Bonchev–Trinajstić information content (AvgIpc) is 3.06. The lowest BCUT2D eigenvalue weighted by atomic mass is 9.89. The van der Waals surface area contributed by atoms with Crippen LogP contribution in [-0.4, -0.2) is 61.0 Å². The highest BCUT2D eigenvalue weighted by atomic mass is 16.5. The summed E-state index contributed by atoms with van der Waals surface area (Å²) in [5.41, 5.74) is -0.257. The monoisotopic (exact) mass is 418 g/mol. The molecule has 0 saturated carbocycles. The fraction of sp³-hybridized carbons (Fsp3) is 0.565. The summed E-state index contributed by atoms with van der Waals surface area (Å²) in [6, 6.07) is 7.35. The number of hydrogen-bond acceptors (Lipinski definition) is 6. The number of nitrogens with one attached hydrogen (secondary N) is 1. The van der Waals surface area contributed by atoms with Crippen molar-refractivity contribution in [2.75, 3.05) is 26.4 Å². The standard InChI is InChI=1S/C23H34N2O5/c1-5-12-23(22(27)24-13-6-15-28-17(2)3)18(4)30-21(25-23)19-8-10-20(11-9-19)29-16-7-14-26/h5,8-11,17-18,26H,1,6-7,12-16H2,2-4H3,(H,24,27)/t18-,23-/m1/s1. The molecule has 0 fully saturated rings. The summed E-state index contributed by atoms with van der Waals surface area (Å²) in [5, 5.41) is 11.8. The number of amides is 1. The molecule has 2 rings (SSSR count). The van der Waals surface area contributed by atoms with Crippen molar-refractivity contribution in [2.45, 2.75) is 57.8 Å². The molecule has 0 bridgehead atoms. The highest BCUT2D eigenvalue weighted by molar-refractivity contribution is 6.00. The smallest absolute Gasteiger partial charge is 0.252 e. The number of nitrogens with zero attached hydrogens (tertiary/aromatic N) is 1. The van der Waals surface area contributed by atoms with Gasteiger partial charge in [-0.25, -0.2) is 4.99 Å². The van der Waals surface area contributed by atoms with Gasteiger partial charge in [0.15, 0.2) is 5.54 Å². The molecule has 2 atom stereocenters. The van der Waals surface area contributed by atoms with Gasteiger partial charge in [-0.3, -0.25) is 4.79 Å². The summed E-state index contributed by atoms with van der Waals surface area (Å²) in [6.07, 6.45) is 3.16. The maximum atomic E-state index is 13.0. The highest BCUT2D eigenvalue weighted by Gasteiger charge is 2.49. The molecule has 0 spiro atoms. The molecule has 0 aliphatic carbocycles. The zero-order valence-electron chi connectivity index (χ0n) is 18.2. The van der Waals surface area contributed by atoms with Gasteiger partial charge >= 0.3 is 0 Å². The Hall–Kier alpha value is -2.38. The van der Waals surface area contributed by atoms with Crippen LogP contribution in [0.2, 0.25) is 0 Å². The Morgan fingerprint density at radius 1 is 1.33 bits per heavy atom. The predicted octanol–water partition coefficient (Wildman–Crippen LogP) is 2.86. The van der Waals surface area contributed by atoms with Gasteiger partial charge < -0.3 is 24.6 Å². The van der Waals surface area contributed by atoms with E-state index in [0.717, 1.165) is 12.0 Å². The summed E-state index contributed by atoms with van der Waals surface area (Å²) in [5.74, 6) is 0.973. The largest absolute Gasteiger partial charge is 0.494 e. The molecule has 1 aliphatic rings. The van der Waals surface area contributed by atoms with E-state index in [4.69, 9.17) is 24.3 Å². The first-order valence-electron chi connectivity index (χ1n) is 10.5. The van der Waals surface area contributed by atoms with Gasteiger partial charge in [0.05, 0.1) is 12.7 Å². The molecule has 7 nitrogen and oxygen atoms in total. The van der Waals surface area contributed by atoms with Crippen molar-refractivity contribution in [2.24, 2.45) is 4.99 Å². The van der Waals surface area contributed by atoms with E-state index in [1.807, 2.05) is 45.0 Å². The normalized spacial score (nSPS) is 20.6. The fourth-order valence-electron chi connectivity index (χ4n) is 3.15. The van der Waals surface area contributed by atoms with Crippen molar-refractivity contribution in [3.05, 3.63) is 42.5 Å². The summed E-state index contributed by atoms with van der Waals surface area (Å²) in [7, 11) is 0. The molecule has 30 heavy (non-hydrogen) atoms. The number of carbonyl (C=O) groups excluding carboxylic acids is 1. The second-order valence-electron chi connectivity index (χ2n) is 7.57. The topological polar surface area (TPSA) is 89.4 Å². The van der Waals surface area contributed by atoms with Crippen molar-refractivity contribution in [3.63, 3.8) is 0 Å². The number of rotatable bonds is 13. The van der Waals surface area contributed by atoms with E-state index in [1.54, 1.807) is 6.08 Å². The van der Waals surface area contributed by atoms with Crippen molar-refractivity contribution in [1.29, 1.82) is 0 Å². The average molecular weight is 419 g/mol. The van der Waals surface area contributed by atoms with Gasteiger partial charge in [0.1, 0.15) is 11.9 Å². The van der Waals surface area contributed by atoms with Crippen molar-refractivity contribution in [3.8, 4) is 5.75 Å². The van der Waals surface area contributed by atoms with E-state index in [2.05, 4.69) is 11.9 Å². The summed E-state index contributed by atoms with van der Waals surface area (Å²) >= 11 is 0. The molecule has 7 heteroatoms. The van der Waals surface area contributed by atoms with Crippen LogP contribution < -0.4 is 10.1 Å². The van der Waals surface area contributed by atoms with Crippen LogP contribution in [0.5, 0.6) is 5.75 Å². The van der Waals surface area contributed by atoms with Crippen LogP contribution in [0.25, 0.3) is 0 Å². The zero-order chi connectivity index (χ0) is 22.0. The zero-order valence-corrected chi connectivity index (χ0v) is 18.2. The van der Waals surface area contributed by atoms with Gasteiger partial charge in [0, 0.05) is 38.2 Å². The third kappa shape index (κ3) is 6.31. The van der Waals surface area contributed by atoms with Gasteiger partial charge in [0.25, 0.3) is 5.91 Å². The molecule has 0 aromatic heterocycles. The quantitative estimate of drug-likeness (QED) is 0.380. The van der Waals surface area contributed by atoms with Crippen LogP contribution >= 0.6 is 0 Å².